The standard InChI is InChI=1S/C16H13N3O2/c20-13-6-4-12(5-7-13)18-16-17-9-8-15(19-16)11-2-1-3-14(21)10-11/h1-10,20-21H,(H,17,18,19). The molecule has 5 nitrogen and oxygen atoms in total. The molecular weight excluding hydrogens is 266 g/mol. The van der Waals surface area contributed by atoms with Crippen LogP contribution in [0.25, 0.3) is 11.3 Å². The Labute approximate surface area is 121 Å². The number of aromatic nitrogens is 2. The summed E-state index contributed by atoms with van der Waals surface area (Å²) < 4.78 is 0. The van der Waals surface area contributed by atoms with Gasteiger partial charge in [-0.3, -0.25) is 0 Å². The minimum Gasteiger partial charge on any atom is -0.508 e. The lowest BCUT2D eigenvalue weighted by molar-refractivity contribution is 0.475. The average Bonchev–Trinajstić information content (AvgIpc) is 2.50. The highest BCUT2D eigenvalue weighted by atomic mass is 16.3. The van der Waals surface area contributed by atoms with E-state index in [2.05, 4.69) is 15.3 Å². The Bertz CT molecular complexity index is 757. The molecule has 0 aliphatic carbocycles. The van der Waals surface area contributed by atoms with Crippen LogP contribution in [0.1, 0.15) is 0 Å². The maximum Gasteiger partial charge on any atom is 0.227 e. The van der Waals surface area contributed by atoms with Crippen LogP contribution in [0.2, 0.25) is 0 Å². The number of rotatable bonds is 3. The topological polar surface area (TPSA) is 78.3 Å². The summed E-state index contributed by atoms with van der Waals surface area (Å²) >= 11 is 0. The summed E-state index contributed by atoms with van der Waals surface area (Å²) in [4.78, 5) is 8.56. The molecule has 0 spiro atoms. The fourth-order valence-corrected chi connectivity index (χ4v) is 1.92. The first-order valence-corrected chi connectivity index (χ1v) is 6.39. The van der Waals surface area contributed by atoms with Gasteiger partial charge in [-0.2, -0.15) is 0 Å². The number of anilines is 2. The SMILES string of the molecule is Oc1ccc(Nc2nccc(-c3cccc(O)c3)n2)cc1. The summed E-state index contributed by atoms with van der Waals surface area (Å²) in [5.41, 5.74) is 2.30. The van der Waals surface area contributed by atoms with E-state index in [0.717, 1.165) is 11.3 Å². The van der Waals surface area contributed by atoms with Crippen molar-refractivity contribution in [2.24, 2.45) is 0 Å². The quantitative estimate of drug-likeness (QED) is 0.641. The van der Waals surface area contributed by atoms with Crippen molar-refractivity contribution in [3.05, 3.63) is 60.8 Å². The minimum absolute atomic E-state index is 0.194. The summed E-state index contributed by atoms with van der Waals surface area (Å²) in [5.74, 6) is 0.843. The number of phenols is 2. The van der Waals surface area contributed by atoms with Gasteiger partial charge in [0.15, 0.2) is 0 Å². The Morgan fingerprint density at radius 1 is 0.857 bits per heavy atom. The van der Waals surface area contributed by atoms with E-state index in [4.69, 9.17) is 0 Å². The Kier molecular flexibility index (Phi) is 3.39. The van der Waals surface area contributed by atoms with Gasteiger partial charge in [0.25, 0.3) is 0 Å². The van der Waals surface area contributed by atoms with Crippen molar-refractivity contribution in [1.29, 1.82) is 0 Å². The van der Waals surface area contributed by atoms with Crippen molar-refractivity contribution < 1.29 is 10.2 Å². The summed E-state index contributed by atoms with van der Waals surface area (Å²) in [7, 11) is 0. The zero-order valence-corrected chi connectivity index (χ0v) is 11.1. The van der Waals surface area contributed by atoms with E-state index in [9.17, 15) is 10.2 Å². The molecule has 0 amide bonds. The molecule has 5 heteroatoms. The Hall–Kier alpha value is -3.08. The lowest BCUT2D eigenvalue weighted by atomic mass is 10.1. The van der Waals surface area contributed by atoms with Crippen LogP contribution in [-0.2, 0) is 0 Å². The van der Waals surface area contributed by atoms with Crippen molar-refractivity contribution >= 4 is 11.6 Å². The fraction of sp³-hybridized carbons (Fsp3) is 0. The number of nitrogens with zero attached hydrogens (tertiary/aromatic N) is 2. The van der Waals surface area contributed by atoms with Gasteiger partial charge in [0.1, 0.15) is 11.5 Å². The van der Waals surface area contributed by atoms with Gasteiger partial charge in [-0.1, -0.05) is 12.1 Å². The van der Waals surface area contributed by atoms with E-state index >= 15 is 0 Å². The molecule has 1 heterocycles. The van der Waals surface area contributed by atoms with Gasteiger partial charge < -0.3 is 15.5 Å². The highest BCUT2D eigenvalue weighted by Crippen LogP contribution is 2.23. The normalized spacial score (nSPS) is 10.3. The molecular formula is C16H13N3O2. The number of hydrogen-bond acceptors (Lipinski definition) is 5. The third kappa shape index (κ3) is 3.09. The van der Waals surface area contributed by atoms with Crippen LogP contribution in [0.3, 0.4) is 0 Å². The zero-order valence-electron chi connectivity index (χ0n) is 11.1. The molecule has 0 saturated carbocycles. The molecule has 104 valence electrons. The number of benzene rings is 2. The van der Waals surface area contributed by atoms with E-state index in [1.165, 1.54) is 0 Å². The second-order valence-corrected chi connectivity index (χ2v) is 4.49. The van der Waals surface area contributed by atoms with Gasteiger partial charge in [0.2, 0.25) is 5.95 Å². The second-order valence-electron chi connectivity index (χ2n) is 4.49. The fourth-order valence-electron chi connectivity index (χ4n) is 1.92. The summed E-state index contributed by atoms with van der Waals surface area (Å²) in [6.45, 7) is 0. The lowest BCUT2D eigenvalue weighted by Gasteiger charge is -2.07. The van der Waals surface area contributed by atoms with Gasteiger partial charge in [-0.25, -0.2) is 9.97 Å². The van der Waals surface area contributed by atoms with Gasteiger partial charge in [-0.15, -0.1) is 0 Å². The van der Waals surface area contributed by atoms with Crippen LogP contribution in [0.15, 0.2) is 60.8 Å². The average molecular weight is 279 g/mol. The monoisotopic (exact) mass is 279 g/mol. The molecule has 1 aromatic heterocycles. The first kappa shape index (κ1) is 12.9. The van der Waals surface area contributed by atoms with E-state index in [-0.39, 0.29) is 11.5 Å². The molecule has 0 saturated heterocycles. The first-order chi connectivity index (χ1) is 10.2. The van der Waals surface area contributed by atoms with Crippen molar-refractivity contribution in [1.82, 2.24) is 9.97 Å². The van der Waals surface area contributed by atoms with Crippen LogP contribution in [-0.4, -0.2) is 20.2 Å². The lowest BCUT2D eigenvalue weighted by Crippen LogP contribution is -1.97. The van der Waals surface area contributed by atoms with E-state index in [0.29, 0.717) is 11.6 Å². The highest BCUT2D eigenvalue weighted by molar-refractivity contribution is 5.63. The molecule has 3 rings (SSSR count). The molecule has 0 aliphatic heterocycles. The van der Waals surface area contributed by atoms with E-state index in [1.54, 1.807) is 54.7 Å². The number of nitrogens with one attached hydrogen (secondary N) is 1. The van der Waals surface area contributed by atoms with Crippen molar-refractivity contribution in [2.45, 2.75) is 0 Å². The Balaban J connectivity index is 1.88. The predicted octanol–water partition coefficient (Wildman–Crippen LogP) is 3.30. The predicted molar refractivity (Wildman–Crippen MR) is 80.5 cm³/mol. The van der Waals surface area contributed by atoms with Crippen LogP contribution < -0.4 is 5.32 Å². The van der Waals surface area contributed by atoms with Crippen LogP contribution in [0.4, 0.5) is 11.6 Å². The highest BCUT2D eigenvalue weighted by Gasteiger charge is 2.03. The summed E-state index contributed by atoms with van der Waals surface area (Å²) in [5, 5.41) is 21.8. The summed E-state index contributed by atoms with van der Waals surface area (Å²) in [6, 6.07) is 15.3. The van der Waals surface area contributed by atoms with Gasteiger partial charge >= 0.3 is 0 Å². The van der Waals surface area contributed by atoms with E-state index in [1.807, 2.05) is 6.07 Å². The molecule has 0 radical (unpaired) electrons. The van der Waals surface area contributed by atoms with Crippen LogP contribution in [0, 0.1) is 0 Å². The second kappa shape index (κ2) is 5.50. The molecule has 0 bridgehead atoms. The van der Waals surface area contributed by atoms with Gasteiger partial charge in [-0.05, 0) is 42.5 Å². The molecule has 0 unspecified atom stereocenters. The van der Waals surface area contributed by atoms with E-state index < -0.39 is 0 Å². The zero-order chi connectivity index (χ0) is 14.7. The van der Waals surface area contributed by atoms with Crippen molar-refractivity contribution in [3.8, 4) is 22.8 Å². The molecule has 3 N–H and O–H groups in total. The maximum atomic E-state index is 9.52. The smallest absolute Gasteiger partial charge is 0.227 e. The third-order valence-corrected chi connectivity index (χ3v) is 2.92. The Morgan fingerprint density at radius 3 is 2.43 bits per heavy atom. The van der Waals surface area contributed by atoms with Crippen LogP contribution >= 0.6 is 0 Å². The number of phenolic OH excluding ortho intramolecular Hbond substituents is 2. The van der Waals surface area contributed by atoms with Gasteiger partial charge in [0.05, 0.1) is 5.69 Å². The largest absolute Gasteiger partial charge is 0.508 e. The third-order valence-electron chi connectivity index (χ3n) is 2.92. The van der Waals surface area contributed by atoms with Crippen molar-refractivity contribution in [3.63, 3.8) is 0 Å². The minimum atomic E-state index is 0.194. The molecule has 3 aromatic rings. The van der Waals surface area contributed by atoms with Gasteiger partial charge in [0, 0.05) is 17.4 Å². The number of aromatic hydroxyl groups is 2. The molecule has 2 aromatic carbocycles. The van der Waals surface area contributed by atoms with Crippen molar-refractivity contribution in [2.75, 3.05) is 5.32 Å². The molecule has 0 fully saturated rings. The first-order valence-electron chi connectivity index (χ1n) is 6.39. The Morgan fingerprint density at radius 2 is 1.67 bits per heavy atom. The molecule has 0 atom stereocenters. The number of hydrogen-bond donors (Lipinski definition) is 3. The maximum absolute atomic E-state index is 9.52. The molecule has 0 aliphatic rings. The van der Waals surface area contributed by atoms with Crippen LogP contribution in [0.5, 0.6) is 11.5 Å². The summed E-state index contributed by atoms with van der Waals surface area (Å²) in [6.07, 6.45) is 1.65. The molecule has 21 heavy (non-hydrogen) atoms.